The number of hydrogen-bond donors (Lipinski definition) is 1. The number of amides is 1. The zero-order valence-electron chi connectivity index (χ0n) is 19.6. The molecule has 1 saturated heterocycles. The van der Waals surface area contributed by atoms with Crippen LogP contribution in [0.15, 0.2) is 53.8 Å². The number of carbonyl (C=O) groups is 1. The first-order chi connectivity index (χ1) is 15.8. The number of para-hydroxylation sites is 2. The molecular formula is C25H31Cl2N5O2. The second-order valence-electron chi connectivity index (χ2n) is 8.55. The standard InChI is InChI=1S/C25H28Cl2N4O2.H3N/c1-17(2)30-24-7-5-4-6-23(24)29(25(30)33)15-14-28-12-10-19(11-13-28)31(18(3)32)20-8-9-21(26)22(27)16-20;/h4-9,16,19H,1,10-15H2,2-3H3;1H3. The van der Waals surface area contributed by atoms with Crippen LogP contribution in [0.2, 0.25) is 10.0 Å². The van der Waals surface area contributed by atoms with Crippen LogP contribution < -0.4 is 16.7 Å². The summed E-state index contributed by atoms with van der Waals surface area (Å²) in [6.45, 7) is 10.5. The number of likely N-dealkylation sites (tertiary alicyclic amines) is 1. The number of carbonyl (C=O) groups excluding carboxylic acids is 1. The molecule has 1 aliphatic rings. The maximum Gasteiger partial charge on any atom is 0.333 e. The number of benzene rings is 2. The zero-order chi connectivity index (χ0) is 23.7. The summed E-state index contributed by atoms with van der Waals surface area (Å²) in [6.07, 6.45) is 1.70. The van der Waals surface area contributed by atoms with Gasteiger partial charge in [-0.1, -0.05) is 41.9 Å². The third kappa shape index (κ3) is 5.08. The van der Waals surface area contributed by atoms with Crippen molar-refractivity contribution in [3.8, 4) is 0 Å². The Morgan fingerprint density at radius 3 is 2.26 bits per heavy atom. The predicted octanol–water partition coefficient (Wildman–Crippen LogP) is 5.28. The van der Waals surface area contributed by atoms with E-state index >= 15 is 0 Å². The topological polar surface area (TPSA) is 85.5 Å². The summed E-state index contributed by atoms with van der Waals surface area (Å²) in [5, 5.41) is 0.916. The molecule has 0 saturated carbocycles. The molecule has 34 heavy (non-hydrogen) atoms. The molecule has 182 valence electrons. The van der Waals surface area contributed by atoms with E-state index in [0.717, 1.165) is 49.2 Å². The van der Waals surface area contributed by atoms with Crippen LogP contribution in [0, 0.1) is 0 Å². The first-order valence-electron chi connectivity index (χ1n) is 11.1. The summed E-state index contributed by atoms with van der Waals surface area (Å²) >= 11 is 12.2. The largest absolute Gasteiger partial charge is 0.344 e. The van der Waals surface area contributed by atoms with Crippen LogP contribution >= 0.6 is 23.2 Å². The van der Waals surface area contributed by atoms with Crippen molar-refractivity contribution in [2.24, 2.45) is 0 Å². The molecule has 0 bridgehead atoms. The molecule has 0 spiro atoms. The number of allylic oxidation sites excluding steroid dienone is 1. The highest BCUT2D eigenvalue weighted by Crippen LogP contribution is 2.30. The first-order valence-corrected chi connectivity index (χ1v) is 11.9. The van der Waals surface area contributed by atoms with Crippen molar-refractivity contribution in [3.05, 3.63) is 69.6 Å². The van der Waals surface area contributed by atoms with Gasteiger partial charge in [-0.2, -0.15) is 0 Å². The van der Waals surface area contributed by atoms with Crippen LogP contribution in [0.5, 0.6) is 0 Å². The van der Waals surface area contributed by atoms with Crippen molar-refractivity contribution < 1.29 is 4.79 Å². The number of nitrogens with zero attached hydrogens (tertiary/aromatic N) is 4. The molecule has 0 atom stereocenters. The lowest BCUT2D eigenvalue weighted by Gasteiger charge is -2.38. The molecular weight excluding hydrogens is 473 g/mol. The van der Waals surface area contributed by atoms with Gasteiger partial charge in [0.05, 0.1) is 21.1 Å². The Bertz CT molecular complexity index is 1260. The van der Waals surface area contributed by atoms with Crippen molar-refractivity contribution in [2.45, 2.75) is 39.3 Å². The quantitative estimate of drug-likeness (QED) is 0.495. The summed E-state index contributed by atoms with van der Waals surface area (Å²) < 4.78 is 3.50. The average molecular weight is 504 g/mol. The smallest absolute Gasteiger partial charge is 0.333 e. The van der Waals surface area contributed by atoms with Gasteiger partial charge in [0.2, 0.25) is 5.91 Å². The lowest BCUT2D eigenvalue weighted by molar-refractivity contribution is -0.117. The lowest BCUT2D eigenvalue weighted by Crippen LogP contribution is -2.47. The highest BCUT2D eigenvalue weighted by Gasteiger charge is 2.28. The summed E-state index contributed by atoms with van der Waals surface area (Å²) in [7, 11) is 0. The van der Waals surface area contributed by atoms with Gasteiger partial charge in [-0.05, 0) is 50.1 Å². The second kappa shape index (κ2) is 10.8. The zero-order valence-corrected chi connectivity index (χ0v) is 21.1. The van der Waals surface area contributed by atoms with Crippen LogP contribution in [-0.4, -0.2) is 45.6 Å². The number of rotatable bonds is 6. The summed E-state index contributed by atoms with van der Waals surface area (Å²) in [4.78, 5) is 29.6. The molecule has 9 heteroatoms. The van der Waals surface area contributed by atoms with E-state index in [1.54, 1.807) is 23.6 Å². The Labute approximate surface area is 209 Å². The molecule has 2 aromatic carbocycles. The molecule has 0 unspecified atom stereocenters. The van der Waals surface area contributed by atoms with Crippen LogP contribution in [0.25, 0.3) is 16.7 Å². The normalized spacial score (nSPS) is 14.7. The van der Waals surface area contributed by atoms with Crippen LogP contribution in [0.1, 0.15) is 26.7 Å². The van der Waals surface area contributed by atoms with E-state index in [0.29, 0.717) is 22.3 Å². The highest BCUT2D eigenvalue weighted by molar-refractivity contribution is 6.42. The van der Waals surface area contributed by atoms with Crippen molar-refractivity contribution in [3.63, 3.8) is 0 Å². The van der Waals surface area contributed by atoms with Gasteiger partial charge >= 0.3 is 5.69 Å². The Morgan fingerprint density at radius 2 is 1.68 bits per heavy atom. The van der Waals surface area contributed by atoms with Gasteiger partial charge in [0.1, 0.15) is 0 Å². The summed E-state index contributed by atoms with van der Waals surface area (Å²) in [5.41, 5.74) is 3.23. The van der Waals surface area contributed by atoms with E-state index in [-0.39, 0.29) is 23.8 Å². The fourth-order valence-corrected chi connectivity index (χ4v) is 5.01. The van der Waals surface area contributed by atoms with Crippen molar-refractivity contribution in [2.75, 3.05) is 24.5 Å². The Kier molecular flexibility index (Phi) is 8.25. The van der Waals surface area contributed by atoms with E-state index in [1.165, 1.54) is 0 Å². The third-order valence-electron chi connectivity index (χ3n) is 6.30. The van der Waals surface area contributed by atoms with E-state index in [1.807, 2.05) is 46.7 Å². The molecule has 1 fully saturated rings. The van der Waals surface area contributed by atoms with Crippen LogP contribution in [0.4, 0.5) is 5.69 Å². The van der Waals surface area contributed by atoms with Gasteiger partial charge in [-0.15, -0.1) is 0 Å². The van der Waals surface area contributed by atoms with Gasteiger partial charge in [0, 0.05) is 50.5 Å². The van der Waals surface area contributed by atoms with Gasteiger partial charge in [0.25, 0.3) is 0 Å². The SMILES string of the molecule is C=C(C)n1c(=O)n(CCN2CCC(N(C(C)=O)c3ccc(Cl)c(Cl)c3)CC2)c2ccccc21.N. The number of halogens is 2. The van der Waals surface area contributed by atoms with Gasteiger partial charge < -0.3 is 16.0 Å². The number of imidazole rings is 1. The number of piperidine rings is 1. The van der Waals surface area contributed by atoms with E-state index in [2.05, 4.69) is 11.5 Å². The molecule has 1 aliphatic heterocycles. The number of anilines is 1. The van der Waals surface area contributed by atoms with Crippen LogP contribution in [0.3, 0.4) is 0 Å². The Morgan fingerprint density at radius 1 is 1.03 bits per heavy atom. The van der Waals surface area contributed by atoms with Gasteiger partial charge in [-0.25, -0.2) is 4.79 Å². The maximum absolute atomic E-state index is 13.0. The fraction of sp³-hybridized carbons (Fsp3) is 0.360. The molecule has 1 aromatic heterocycles. The number of aromatic nitrogens is 2. The minimum Gasteiger partial charge on any atom is -0.344 e. The molecule has 3 N–H and O–H groups in total. The third-order valence-corrected chi connectivity index (χ3v) is 7.04. The molecule has 7 nitrogen and oxygen atoms in total. The van der Waals surface area contributed by atoms with Gasteiger partial charge in [0.15, 0.2) is 0 Å². The van der Waals surface area contributed by atoms with E-state index in [4.69, 9.17) is 23.2 Å². The monoisotopic (exact) mass is 503 g/mol. The molecule has 4 rings (SSSR count). The fourth-order valence-electron chi connectivity index (χ4n) is 4.72. The van der Waals surface area contributed by atoms with Crippen molar-refractivity contribution in [1.29, 1.82) is 0 Å². The molecule has 2 heterocycles. The van der Waals surface area contributed by atoms with Gasteiger partial charge in [-0.3, -0.25) is 13.9 Å². The second-order valence-corrected chi connectivity index (χ2v) is 9.37. The molecule has 3 aromatic rings. The minimum atomic E-state index is -0.0547. The van der Waals surface area contributed by atoms with Crippen molar-refractivity contribution in [1.82, 2.24) is 20.2 Å². The number of fused-ring (bicyclic) bond motifs is 1. The van der Waals surface area contributed by atoms with E-state index in [9.17, 15) is 9.59 Å². The summed E-state index contributed by atoms with van der Waals surface area (Å²) in [6, 6.07) is 13.2. The van der Waals surface area contributed by atoms with Crippen molar-refractivity contribution >= 4 is 51.5 Å². The first kappa shape index (κ1) is 26.0. The molecule has 0 radical (unpaired) electrons. The number of hydrogen-bond acceptors (Lipinski definition) is 4. The highest BCUT2D eigenvalue weighted by atomic mass is 35.5. The average Bonchev–Trinajstić information content (AvgIpc) is 3.07. The maximum atomic E-state index is 13.0. The van der Waals surface area contributed by atoms with Crippen LogP contribution in [-0.2, 0) is 11.3 Å². The molecule has 1 amide bonds. The Hall–Kier alpha value is -2.58. The predicted molar refractivity (Wildman–Crippen MR) is 141 cm³/mol. The molecule has 0 aliphatic carbocycles. The lowest BCUT2D eigenvalue weighted by atomic mass is 10.0. The Balaban J connectivity index is 0.00000324. The van der Waals surface area contributed by atoms with E-state index < -0.39 is 0 Å². The summed E-state index contributed by atoms with van der Waals surface area (Å²) in [5.74, 6) is -0.00834. The minimum absolute atomic E-state index is 0.